The van der Waals surface area contributed by atoms with Gasteiger partial charge in [0.1, 0.15) is 5.69 Å². The number of nitrogens with zero attached hydrogens (tertiary/aromatic N) is 2. The van der Waals surface area contributed by atoms with Crippen molar-refractivity contribution in [3.63, 3.8) is 0 Å². The van der Waals surface area contributed by atoms with Crippen LogP contribution in [0, 0.1) is 0 Å². The number of nitrogens with one attached hydrogen (secondary N) is 1. The maximum Gasteiger partial charge on any atom is 0.269 e. The summed E-state index contributed by atoms with van der Waals surface area (Å²) in [6.07, 6.45) is 2.34. The summed E-state index contributed by atoms with van der Waals surface area (Å²) in [7, 11) is 0. The molecule has 0 fully saturated rings. The largest absolute Gasteiger partial charge is 0.351 e. The van der Waals surface area contributed by atoms with Crippen LogP contribution < -0.4 is 10.2 Å². The van der Waals surface area contributed by atoms with Crippen LogP contribution in [0.1, 0.15) is 39.8 Å². The number of benzene rings is 2. The van der Waals surface area contributed by atoms with Gasteiger partial charge in [-0.2, -0.15) is 0 Å². The normalized spacial score (nSPS) is 10.3. The molecular weight excluding hydrogens is 350 g/mol. The second-order valence-corrected chi connectivity index (χ2v) is 6.40. The van der Waals surface area contributed by atoms with Crippen molar-refractivity contribution < 1.29 is 9.59 Å². The number of para-hydroxylation sites is 1. The fraction of sp³-hybridized carbons (Fsp3) is 0.174. The summed E-state index contributed by atoms with van der Waals surface area (Å²) in [6, 6.07) is 22.5. The number of carbonyl (C=O) groups is 2. The second-order valence-electron chi connectivity index (χ2n) is 6.40. The van der Waals surface area contributed by atoms with Gasteiger partial charge in [-0.25, -0.2) is 0 Å². The fourth-order valence-electron chi connectivity index (χ4n) is 2.83. The lowest BCUT2D eigenvalue weighted by Crippen LogP contribution is -2.31. The van der Waals surface area contributed by atoms with Crippen LogP contribution in [0.5, 0.6) is 0 Å². The van der Waals surface area contributed by atoms with Gasteiger partial charge in [-0.3, -0.25) is 14.6 Å². The minimum atomic E-state index is -0.272. The van der Waals surface area contributed by atoms with Crippen LogP contribution in [-0.4, -0.2) is 23.3 Å². The van der Waals surface area contributed by atoms with Crippen LogP contribution in [0.25, 0.3) is 0 Å². The number of aromatic nitrogens is 1. The van der Waals surface area contributed by atoms with Gasteiger partial charge in [-0.15, -0.1) is 0 Å². The summed E-state index contributed by atoms with van der Waals surface area (Å²) < 4.78 is 0. The number of hydrogen-bond donors (Lipinski definition) is 1. The van der Waals surface area contributed by atoms with E-state index in [-0.39, 0.29) is 17.5 Å². The molecule has 0 bridgehead atoms. The molecule has 0 spiro atoms. The molecule has 2 aromatic carbocycles. The molecule has 0 radical (unpaired) electrons. The van der Waals surface area contributed by atoms with E-state index < -0.39 is 0 Å². The van der Waals surface area contributed by atoms with Crippen molar-refractivity contribution in [2.24, 2.45) is 0 Å². The lowest BCUT2D eigenvalue weighted by Gasteiger charge is -2.23. The highest BCUT2D eigenvalue weighted by atomic mass is 16.2. The molecule has 0 aliphatic rings. The van der Waals surface area contributed by atoms with E-state index >= 15 is 0 Å². The van der Waals surface area contributed by atoms with Gasteiger partial charge in [-0.1, -0.05) is 55.5 Å². The quantitative estimate of drug-likeness (QED) is 0.679. The molecule has 0 aliphatic heterocycles. The lowest BCUT2D eigenvalue weighted by atomic mass is 10.1. The van der Waals surface area contributed by atoms with Crippen LogP contribution in [0.15, 0.2) is 79.0 Å². The Hall–Kier alpha value is -3.47. The van der Waals surface area contributed by atoms with Gasteiger partial charge < -0.3 is 10.2 Å². The summed E-state index contributed by atoms with van der Waals surface area (Å²) in [6.45, 7) is 2.99. The third-order valence-electron chi connectivity index (χ3n) is 4.27. The van der Waals surface area contributed by atoms with Crippen LogP contribution in [0.4, 0.5) is 5.69 Å². The van der Waals surface area contributed by atoms with Gasteiger partial charge in [0.25, 0.3) is 11.8 Å². The molecule has 142 valence electrons. The van der Waals surface area contributed by atoms with Crippen molar-refractivity contribution in [1.82, 2.24) is 10.3 Å². The fourth-order valence-corrected chi connectivity index (χ4v) is 2.83. The third-order valence-corrected chi connectivity index (χ3v) is 4.27. The number of amides is 2. The van der Waals surface area contributed by atoms with E-state index in [4.69, 9.17) is 0 Å². The first kappa shape index (κ1) is 19.3. The first-order chi connectivity index (χ1) is 13.7. The van der Waals surface area contributed by atoms with Crippen molar-refractivity contribution in [2.75, 3.05) is 11.4 Å². The predicted octanol–water partition coefficient (Wildman–Crippen LogP) is 4.07. The van der Waals surface area contributed by atoms with Crippen molar-refractivity contribution in [3.8, 4) is 0 Å². The van der Waals surface area contributed by atoms with Crippen molar-refractivity contribution in [3.05, 3.63) is 95.8 Å². The Labute approximate surface area is 165 Å². The molecule has 0 aliphatic carbocycles. The smallest absolute Gasteiger partial charge is 0.269 e. The highest BCUT2D eigenvalue weighted by Crippen LogP contribution is 2.20. The molecular formula is C23H23N3O2. The van der Waals surface area contributed by atoms with Crippen LogP contribution in [0.3, 0.4) is 0 Å². The average Bonchev–Trinajstić information content (AvgIpc) is 2.76. The third kappa shape index (κ3) is 4.82. The van der Waals surface area contributed by atoms with Gasteiger partial charge in [-0.05, 0) is 36.2 Å². The molecule has 0 saturated carbocycles. The number of pyridine rings is 1. The van der Waals surface area contributed by atoms with E-state index in [1.165, 1.54) is 6.20 Å². The molecule has 1 heterocycles. The van der Waals surface area contributed by atoms with E-state index in [0.29, 0.717) is 18.7 Å². The molecule has 3 rings (SSSR count). The second kappa shape index (κ2) is 9.46. The van der Waals surface area contributed by atoms with Gasteiger partial charge in [0.15, 0.2) is 0 Å². The standard InChI is InChI=1S/C23H23N3O2/c1-2-14-25-22(27)21-16-19(13-15-24-21)23(28)26(20-11-7-4-8-12-20)17-18-9-5-3-6-10-18/h3-13,15-16H,2,14,17H2,1H3,(H,25,27). The van der Waals surface area contributed by atoms with E-state index in [2.05, 4.69) is 10.3 Å². The first-order valence-electron chi connectivity index (χ1n) is 9.34. The Morgan fingerprint density at radius 3 is 2.32 bits per heavy atom. The Balaban J connectivity index is 1.90. The van der Waals surface area contributed by atoms with E-state index in [0.717, 1.165) is 17.7 Å². The van der Waals surface area contributed by atoms with Crippen molar-refractivity contribution in [1.29, 1.82) is 0 Å². The molecule has 1 N–H and O–H groups in total. The van der Waals surface area contributed by atoms with Gasteiger partial charge in [0.2, 0.25) is 0 Å². The Bertz CT molecular complexity index is 927. The molecule has 5 heteroatoms. The first-order valence-corrected chi connectivity index (χ1v) is 9.34. The topological polar surface area (TPSA) is 62.3 Å². The van der Waals surface area contributed by atoms with Crippen LogP contribution >= 0.6 is 0 Å². The highest BCUT2D eigenvalue weighted by molar-refractivity contribution is 6.07. The SMILES string of the molecule is CCCNC(=O)c1cc(C(=O)N(Cc2ccccc2)c2ccccc2)ccn1. The van der Waals surface area contributed by atoms with Crippen LogP contribution in [0.2, 0.25) is 0 Å². The number of rotatable bonds is 7. The maximum absolute atomic E-state index is 13.3. The summed E-state index contributed by atoms with van der Waals surface area (Å²) in [5.74, 6) is -0.451. The zero-order valence-corrected chi connectivity index (χ0v) is 15.8. The number of hydrogen-bond acceptors (Lipinski definition) is 3. The molecule has 5 nitrogen and oxygen atoms in total. The highest BCUT2D eigenvalue weighted by Gasteiger charge is 2.19. The van der Waals surface area contributed by atoms with Gasteiger partial charge >= 0.3 is 0 Å². The minimum Gasteiger partial charge on any atom is -0.351 e. The van der Waals surface area contributed by atoms with Crippen molar-refractivity contribution in [2.45, 2.75) is 19.9 Å². The van der Waals surface area contributed by atoms with E-state index in [1.54, 1.807) is 17.0 Å². The zero-order valence-electron chi connectivity index (χ0n) is 15.8. The monoisotopic (exact) mass is 373 g/mol. The molecule has 1 aromatic heterocycles. The summed E-state index contributed by atoms with van der Waals surface area (Å²) in [5.41, 5.74) is 2.49. The van der Waals surface area contributed by atoms with Crippen LogP contribution in [-0.2, 0) is 6.54 Å². The van der Waals surface area contributed by atoms with Crippen molar-refractivity contribution >= 4 is 17.5 Å². The Kier molecular flexibility index (Phi) is 6.52. The Morgan fingerprint density at radius 1 is 0.964 bits per heavy atom. The zero-order chi connectivity index (χ0) is 19.8. The van der Waals surface area contributed by atoms with Gasteiger partial charge in [0.05, 0.1) is 6.54 Å². The molecule has 28 heavy (non-hydrogen) atoms. The summed E-state index contributed by atoms with van der Waals surface area (Å²) in [5, 5.41) is 2.79. The van der Waals surface area contributed by atoms with E-state index in [9.17, 15) is 9.59 Å². The minimum absolute atomic E-state index is 0.179. The lowest BCUT2D eigenvalue weighted by molar-refractivity contribution is 0.0948. The van der Waals surface area contributed by atoms with Gasteiger partial charge in [0, 0.05) is 24.0 Å². The summed E-state index contributed by atoms with van der Waals surface area (Å²) >= 11 is 0. The number of carbonyl (C=O) groups excluding carboxylic acids is 2. The molecule has 3 aromatic rings. The molecule has 0 unspecified atom stereocenters. The predicted molar refractivity (Wildman–Crippen MR) is 110 cm³/mol. The Morgan fingerprint density at radius 2 is 1.64 bits per heavy atom. The maximum atomic E-state index is 13.3. The van der Waals surface area contributed by atoms with E-state index in [1.807, 2.05) is 67.6 Å². The molecule has 0 saturated heterocycles. The summed E-state index contributed by atoms with van der Waals surface area (Å²) in [4.78, 5) is 31.3. The number of anilines is 1. The molecule has 2 amide bonds. The average molecular weight is 373 g/mol. The molecule has 0 atom stereocenters.